The van der Waals surface area contributed by atoms with Gasteiger partial charge in [0, 0.05) is 29.4 Å². The molecule has 2 aliphatic rings. The Morgan fingerprint density at radius 2 is 1.57 bits per heavy atom. The fourth-order valence-corrected chi connectivity index (χ4v) is 5.01. The number of amides is 1. The molecule has 1 amide bonds. The third kappa shape index (κ3) is 4.63. The molecule has 0 radical (unpaired) electrons. The monoisotopic (exact) mass is 426 g/mol. The third-order valence-electron chi connectivity index (χ3n) is 5.20. The van der Waals surface area contributed by atoms with Crippen LogP contribution in [0.4, 0.5) is 11.4 Å². The lowest BCUT2D eigenvalue weighted by Crippen LogP contribution is -2.49. The largest absolute Gasteiger partial charge is 0.456 e. The number of nitrogens with zero attached hydrogens (tertiary/aromatic N) is 2. The Hall–Kier alpha value is -2.51. The highest BCUT2D eigenvalue weighted by atomic mass is 32.2. The minimum absolute atomic E-state index is 0.00879. The molecule has 6 nitrogen and oxygen atoms in total. The van der Waals surface area contributed by atoms with Gasteiger partial charge in [-0.05, 0) is 38.1 Å². The maximum atomic E-state index is 12.4. The van der Waals surface area contributed by atoms with Crippen LogP contribution in [0.25, 0.3) is 0 Å². The van der Waals surface area contributed by atoms with Gasteiger partial charge in [-0.25, -0.2) is 0 Å². The number of rotatable bonds is 5. The molecule has 7 heteroatoms. The van der Waals surface area contributed by atoms with Crippen LogP contribution in [0.5, 0.6) is 0 Å². The van der Waals surface area contributed by atoms with Crippen molar-refractivity contribution in [1.82, 2.24) is 4.90 Å². The Morgan fingerprint density at radius 1 is 1.00 bits per heavy atom. The van der Waals surface area contributed by atoms with Crippen LogP contribution in [-0.2, 0) is 19.1 Å². The summed E-state index contributed by atoms with van der Waals surface area (Å²) in [6.07, 6.45) is 0.187. The summed E-state index contributed by atoms with van der Waals surface area (Å²) in [6, 6.07) is 16.3. The SMILES string of the molecule is CC1CN(C(=O)COC(=O)CCN2c3ccccc3Sc3ccccc32)CC(C)O1. The Bertz CT molecular complexity index is 879. The van der Waals surface area contributed by atoms with Crippen LogP contribution in [0.1, 0.15) is 20.3 Å². The lowest BCUT2D eigenvalue weighted by atomic mass is 10.2. The van der Waals surface area contributed by atoms with Crippen molar-refractivity contribution in [3.05, 3.63) is 48.5 Å². The topological polar surface area (TPSA) is 59.1 Å². The van der Waals surface area contributed by atoms with E-state index in [1.54, 1.807) is 16.7 Å². The highest BCUT2D eigenvalue weighted by Crippen LogP contribution is 2.47. The first-order chi connectivity index (χ1) is 14.5. The van der Waals surface area contributed by atoms with Crippen LogP contribution < -0.4 is 4.90 Å². The molecule has 0 aliphatic carbocycles. The molecule has 0 N–H and O–H groups in total. The highest BCUT2D eigenvalue weighted by Gasteiger charge is 2.27. The predicted octanol–water partition coefficient (Wildman–Crippen LogP) is 3.86. The van der Waals surface area contributed by atoms with Crippen LogP contribution in [0.2, 0.25) is 0 Å². The molecule has 0 bridgehead atoms. The molecule has 2 aliphatic heterocycles. The first-order valence-corrected chi connectivity index (χ1v) is 11.0. The van der Waals surface area contributed by atoms with Gasteiger partial charge in [-0.2, -0.15) is 0 Å². The smallest absolute Gasteiger partial charge is 0.308 e. The molecule has 2 aromatic carbocycles. The number of benzene rings is 2. The molecule has 0 spiro atoms. The van der Waals surface area contributed by atoms with Crippen molar-refractivity contribution >= 4 is 35.0 Å². The summed E-state index contributed by atoms with van der Waals surface area (Å²) in [4.78, 5) is 31.0. The summed E-state index contributed by atoms with van der Waals surface area (Å²) in [7, 11) is 0. The van der Waals surface area contributed by atoms with Crippen molar-refractivity contribution in [2.45, 2.75) is 42.3 Å². The van der Waals surface area contributed by atoms with Gasteiger partial charge >= 0.3 is 5.97 Å². The number of esters is 1. The number of fused-ring (bicyclic) bond motifs is 2. The van der Waals surface area contributed by atoms with Crippen molar-refractivity contribution in [3.8, 4) is 0 Å². The fourth-order valence-electron chi connectivity index (χ4n) is 3.91. The summed E-state index contributed by atoms with van der Waals surface area (Å²) in [5.74, 6) is -0.540. The Morgan fingerprint density at radius 3 is 2.17 bits per heavy atom. The first kappa shape index (κ1) is 20.8. The number of anilines is 2. The number of hydrogen-bond acceptors (Lipinski definition) is 6. The minimum atomic E-state index is -0.370. The zero-order valence-electron chi connectivity index (χ0n) is 17.2. The third-order valence-corrected chi connectivity index (χ3v) is 6.33. The molecule has 1 fully saturated rings. The van der Waals surface area contributed by atoms with Crippen molar-refractivity contribution in [3.63, 3.8) is 0 Å². The second-order valence-electron chi connectivity index (χ2n) is 7.66. The molecule has 30 heavy (non-hydrogen) atoms. The molecular formula is C23H26N2O4S. The standard InChI is InChI=1S/C23H26N2O4S/c1-16-13-24(14-17(2)29-16)22(26)15-28-23(27)11-12-25-18-7-3-5-9-20(18)30-21-10-6-4-8-19(21)25/h3-10,16-17H,11-15H2,1-2H3. The van der Waals surface area contributed by atoms with Gasteiger partial charge in [0.05, 0.1) is 30.0 Å². The average molecular weight is 427 g/mol. The van der Waals surface area contributed by atoms with Gasteiger partial charge in [0.25, 0.3) is 5.91 Å². The molecule has 0 aromatic heterocycles. The van der Waals surface area contributed by atoms with E-state index in [1.807, 2.05) is 38.1 Å². The molecule has 2 aromatic rings. The van der Waals surface area contributed by atoms with Crippen LogP contribution in [-0.4, -0.2) is 55.2 Å². The van der Waals surface area contributed by atoms with Gasteiger partial charge in [0.2, 0.25) is 0 Å². The second kappa shape index (κ2) is 9.10. The van der Waals surface area contributed by atoms with Crippen molar-refractivity contribution in [1.29, 1.82) is 0 Å². The normalized spacial score (nSPS) is 20.3. The molecule has 0 saturated carbocycles. The van der Waals surface area contributed by atoms with E-state index in [-0.39, 0.29) is 37.1 Å². The first-order valence-electron chi connectivity index (χ1n) is 10.2. The van der Waals surface area contributed by atoms with E-state index >= 15 is 0 Å². The summed E-state index contributed by atoms with van der Waals surface area (Å²) < 4.78 is 10.9. The van der Waals surface area contributed by atoms with E-state index in [4.69, 9.17) is 9.47 Å². The summed E-state index contributed by atoms with van der Waals surface area (Å²) in [5.41, 5.74) is 2.17. The molecule has 158 valence electrons. The average Bonchev–Trinajstić information content (AvgIpc) is 2.74. The molecule has 4 rings (SSSR count). The van der Waals surface area contributed by atoms with E-state index in [9.17, 15) is 9.59 Å². The van der Waals surface area contributed by atoms with E-state index in [0.717, 1.165) is 21.2 Å². The van der Waals surface area contributed by atoms with Gasteiger partial charge in [-0.15, -0.1) is 0 Å². The summed E-state index contributed by atoms with van der Waals surface area (Å²) >= 11 is 1.73. The molecule has 2 atom stereocenters. The maximum absolute atomic E-state index is 12.4. The van der Waals surface area contributed by atoms with Gasteiger partial charge in [0.15, 0.2) is 6.61 Å². The molecule has 2 unspecified atom stereocenters. The lowest BCUT2D eigenvalue weighted by molar-refractivity contribution is -0.157. The summed E-state index contributed by atoms with van der Waals surface area (Å²) in [5, 5.41) is 0. The fraction of sp³-hybridized carbons (Fsp3) is 0.391. The minimum Gasteiger partial charge on any atom is -0.456 e. The predicted molar refractivity (Wildman–Crippen MR) is 116 cm³/mol. The highest BCUT2D eigenvalue weighted by molar-refractivity contribution is 7.99. The number of ether oxygens (including phenoxy) is 2. The van der Waals surface area contributed by atoms with Gasteiger partial charge in [-0.1, -0.05) is 36.0 Å². The van der Waals surface area contributed by atoms with Crippen molar-refractivity contribution in [2.75, 3.05) is 31.1 Å². The zero-order chi connectivity index (χ0) is 21.1. The van der Waals surface area contributed by atoms with Crippen molar-refractivity contribution < 1.29 is 19.1 Å². The molecule has 2 heterocycles. The van der Waals surface area contributed by atoms with E-state index in [1.165, 1.54) is 0 Å². The maximum Gasteiger partial charge on any atom is 0.308 e. The van der Waals surface area contributed by atoms with Crippen molar-refractivity contribution in [2.24, 2.45) is 0 Å². The molecule has 1 saturated heterocycles. The van der Waals surface area contributed by atoms with E-state index < -0.39 is 0 Å². The number of morpholine rings is 1. The number of carbonyl (C=O) groups is 2. The second-order valence-corrected chi connectivity index (χ2v) is 8.74. The van der Waals surface area contributed by atoms with Crippen LogP contribution in [0.3, 0.4) is 0 Å². The van der Waals surface area contributed by atoms with Crippen LogP contribution >= 0.6 is 11.8 Å². The van der Waals surface area contributed by atoms with Gasteiger partial charge in [-0.3, -0.25) is 9.59 Å². The zero-order valence-corrected chi connectivity index (χ0v) is 18.1. The summed E-state index contributed by atoms with van der Waals surface area (Å²) in [6.45, 7) is 5.21. The van der Waals surface area contributed by atoms with E-state index in [2.05, 4.69) is 29.2 Å². The Kier molecular flexibility index (Phi) is 6.29. The van der Waals surface area contributed by atoms with E-state index in [0.29, 0.717) is 19.6 Å². The molecular weight excluding hydrogens is 400 g/mol. The number of hydrogen-bond donors (Lipinski definition) is 0. The van der Waals surface area contributed by atoms with Gasteiger partial charge < -0.3 is 19.3 Å². The Balaban J connectivity index is 1.35. The van der Waals surface area contributed by atoms with Gasteiger partial charge in [0.1, 0.15) is 0 Å². The lowest BCUT2D eigenvalue weighted by Gasteiger charge is -2.35. The van der Waals surface area contributed by atoms with Crippen LogP contribution in [0, 0.1) is 0 Å². The van der Waals surface area contributed by atoms with Crippen LogP contribution in [0.15, 0.2) is 58.3 Å². The quantitative estimate of drug-likeness (QED) is 0.677. The Labute approximate surface area is 181 Å². The number of carbonyl (C=O) groups excluding carboxylic acids is 2. The number of para-hydroxylation sites is 2.